The van der Waals surface area contributed by atoms with Gasteiger partial charge in [-0.3, -0.25) is 4.79 Å². The minimum Gasteiger partial charge on any atom is -0.343 e. The fourth-order valence-corrected chi connectivity index (χ4v) is 1.74. The van der Waals surface area contributed by atoms with Crippen molar-refractivity contribution in [1.82, 2.24) is 4.90 Å². The Morgan fingerprint density at radius 2 is 2.00 bits per heavy atom. The molecule has 1 atom stereocenters. The Bertz CT molecular complexity index is 160. The molecule has 1 amide bonds. The highest BCUT2D eigenvalue weighted by atomic mass is 16.2. The van der Waals surface area contributed by atoms with Crippen molar-refractivity contribution < 1.29 is 4.79 Å². The third-order valence-electron chi connectivity index (χ3n) is 2.73. The predicted molar refractivity (Wildman–Crippen MR) is 48.6 cm³/mol. The van der Waals surface area contributed by atoms with Crippen LogP contribution >= 0.6 is 0 Å². The molecule has 1 saturated heterocycles. The maximum Gasteiger partial charge on any atom is 0.219 e. The topological polar surface area (TPSA) is 46.3 Å². The van der Waals surface area contributed by atoms with Crippen LogP contribution in [0.5, 0.6) is 0 Å². The average molecular weight is 170 g/mol. The smallest absolute Gasteiger partial charge is 0.219 e. The highest BCUT2D eigenvalue weighted by molar-refractivity contribution is 5.73. The Kier molecular flexibility index (Phi) is 3.09. The van der Waals surface area contributed by atoms with E-state index in [1.807, 2.05) is 11.8 Å². The molecule has 0 aliphatic carbocycles. The second-order valence-corrected chi connectivity index (χ2v) is 3.70. The lowest BCUT2D eigenvalue weighted by atomic mass is 9.91. The van der Waals surface area contributed by atoms with Gasteiger partial charge in [0.2, 0.25) is 5.91 Å². The van der Waals surface area contributed by atoms with Gasteiger partial charge in [-0.05, 0) is 25.7 Å². The number of nitrogens with two attached hydrogens (primary N) is 1. The van der Waals surface area contributed by atoms with E-state index in [9.17, 15) is 4.79 Å². The molecule has 0 bridgehead atoms. The molecule has 2 N–H and O–H groups in total. The molecule has 0 spiro atoms. The Labute approximate surface area is 73.9 Å². The first kappa shape index (κ1) is 9.52. The van der Waals surface area contributed by atoms with Crippen molar-refractivity contribution in [2.75, 3.05) is 13.1 Å². The molecule has 0 aromatic rings. The van der Waals surface area contributed by atoms with Crippen molar-refractivity contribution in [3.05, 3.63) is 0 Å². The first-order valence-corrected chi connectivity index (χ1v) is 4.62. The lowest BCUT2D eigenvalue weighted by molar-refractivity contribution is -0.130. The number of carbonyl (C=O) groups excluding carboxylic acids is 1. The molecule has 0 radical (unpaired) electrons. The SMILES string of the molecule is CC(=O)N1CCC([C@@H](C)N)CC1. The van der Waals surface area contributed by atoms with Crippen molar-refractivity contribution in [2.24, 2.45) is 11.7 Å². The second kappa shape index (κ2) is 3.90. The van der Waals surface area contributed by atoms with Gasteiger partial charge in [0.05, 0.1) is 0 Å². The van der Waals surface area contributed by atoms with E-state index < -0.39 is 0 Å². The largest absolute Gasteiger partial charge is 0.343 e. The molecule has 1 aliphatic heterocycles. The van der Waals surface area contributed by atoms with Crippen molar-refractivity contribution in [1.29, 1.82) is 0 Å². The van der Waals surface area contributed by atoms with Gasteiger partial charge in [-0.15, -0.1) is 0 Å². The average Bonchev–Trinajstić information content (AvgIpc) is 2.04. The highest BCUT2D eigenvalue weighted by Gasteiger charge is 2.22. The van der Waals surface area contributed by atoms with E-state index in [4.69, 9.17) is 5.73 Å². The fourth-order valence-electron chi connectivity index (χ4n) is 1.74. The van der Waals surface area contributed by atoms with Gasteiger partial charge >= 0.3 is 0 Å². The minimum atomic E-state index is 0.193. The summed E-state index contributed by atoms with van der Waals surface area (Å²) in [6, 6.07) is 0.277. The molecule has 0 saturated carbocycles. The molecule has 3 heteroatoms. The summed E-state index contributed by atoms with van der Waals surface area (Å²) >= 11 is 0. The van der Waals surface area contributed by atoms with Gasteiger partial charge in [-0.1, -0.05) is 0 Å². The maximum atomic E-state index is 11.0. The molecular weight excluding hydrogens is 152 g/mol. The standard InChI is InChI=1S/C9H18N2O/c1-7(10)9-3-5-11(6-4-9)8(2)12/h7,9H,3-6,10H2,1-2H3/t7-/m1/s1. The molecule has 1 heterocycles. The Morgan fingerprint density at radius 1 is 1.50 bits per heavy atom. The summed E-state index contributed by atoms with van der Waals surface area (Å²) in [7, 11) is 0. The second-order valence-electron chi connectivity index (χ2n) is 3.70. The number of nitrogens with zero attached hydrogens (tertiary/aromatic N) is 1. The quantitative estimate of drug-likeness (QED) is 0.626. The van der Waals surface area contributed by atoms with Crippen LogP contribution in [0.4, 0.5) is 0 Å². The number of amides is 1. The van der Waals surface area contributed by atoms with Crippen molar-refractivity contribution in [3.8, 4) is 0 Å². The summed E-state index contributed by atoms with van der Waals surface area (Å²) in [6.45, 7) is 5.46. The third kappa shape index (κ3) is 2.21. The zero-order valence-corrected chi connectivity index (χ0v) is 7.92. The number of hydrogen-bond donors (Lipinski definition) is 1. The van der Waals surface area contributed by atoms with E-state index in [0.717, 1.165) is 25.9 Å². The molecule has 0 unspecified atom stereocenters. The van der Waals surface area contributed by atoms with Crippen LogP contribution in [0.15, 0.2) is 0 Å². The van der Waals surface area contributed by atoms with Gasteiger partial charge < -0.3 is 10.6 Å². The van der Waals surface area contributed by atoms with Crippen LogP contribution in [0.2, 0.25) is 0 Å². The van der Waals surface area contributed by atoms with E-state index >= 15 is 0 Å². The zero-order valence-electron chi connectivity index (χ0n) is 7.92. The van der Waals surface area contributed by atoms with E-state index in [-0.39, 0.29) is 11.9 Å². The molecule has 0 aromatic carbocycles. The van der Waals surface area contributed by atoms with Crippen LogP contribution in [0, 0.1) is 5.92 Å². The number of likely N-dealkylation sites (tertiary alicyclic amines) is 1. The van der Waals surface area contributed by atoms with Crippen molar-refractivity contribution >= 4 is 5.91 Å². The van der Waals surface area contributed by atoms with Gasteiger partial charge in [-0.25, -0.2) is 0 Å². The molecule has 1 aliphatic rings. The van der Waals surface area contributed by atoms with Crippen LogP contribution in [-0.2, 0) is 4.79 Å². The van der Waals surface area contributed by atoms with Gasteiger partial charge in [0.1, 0.15) is 0 Å². The predicted octanol–water partition coefficient (Wildman–Crippen LogP) is 0.592. The first-order chi connectivity index (χ1) is 5.61. The summed E-state index contributed by atoms with van der Waals surface area (Å²) in [5.74, 6) is 0.804. The van der Waals surface area contributed by atoms with Crippen LogP contribution in [0.1, 0.15) is 26.7 Å². The number of hydrogen-bond acceptors (Lipinski definition) is 2. The summed E-state index contributed by atoms with van der Waals surface area (Å²) in [5, 5.41) is 0. The van der Waals surface area contributed by atoms with Crippen molar-refractivity contribution in [2.45, 2.75) is 32.7 Å². The van der Waals surface area contributed by atoms with Crippen molar-refractivity contribution in [3.63, 3.8) is 0 Å². The van der Waals surface area contributed by atoms with E-state index in [1.165, 1.54) is 0 Å². The van der Waals surface area contributed by atoms with Crippen LogP contribution < -0.4 is 5.73 Å². The van der Waals surface area contributed by atoms with Crippen LogP contribution in [0.3, 0.4) is 0 Å². The summed E-state index contributed by atoms with van der Waals surface area (Å²) < 4.78 is 0. The van der Waals surface area contributed by atoms with Gasteiger partial charge in [0.15, 0.2) is 0 Å². The zero-order chi connectivity index (χ0) is 9.14. The minimum absolute atomic E-state index is 0.193. The van der Waals surface area contributed by atoms with E-state index in [1.54, 1.807) is 6.92 Å². The van der Waals surface area contributed by atoms with E-state index in [0.29, 0.717) is 5.92 Å². The normalized spacial score (nSPS) is 22.4. The number of piperidine rings is 1. The fraction of sp³-hybridized carbons (Fsp3) is 0.889. The molecule has 1 fully saturated rings. The molecule has 3 nitrogen and oxygen atoms in total. The molecule has 12 heavy (non-hydrogen) atoms. The Balaban J connectivity index is 2.34. The van der Waals surface area contributed by atoms with E-state index in [2.05, 4.69) is 0 Å². The monoisotopic (exact) mass is 170 g/mol. The van der Waals surface area contributed by atoms with Gasteiger partial charge in [0.25, 0.3) is 0 Å². The van der Waals surface area contributed by atoms with Gasteiger partial charge in [-0.2, -0.15) is 0 Å². The lowest BCUT2D eigenvalue weighted by Crippen LogP contribution is -2.41. The molecular formula is C9H18N2O. The molecule has 0 aromatic heterocycles. The van der Waals surface area contributed by atoms with Crippen LogP contribution in [-0.4, -0.2) is 29.9 Å². The molecule has 1 rings (SSSR count). The van der Waals surface area contributed by atoms with Gasteiger partial charge in [0, 0.05) is 26.1 Å². The van der Waals surface area contributed by atoms with Crippen LogP contribution in [0.25, 0.3) is 0 Å². The maximum absolute atomic E-state index is 11.0. The third-order valence-corrected chi connectivity index (χ3v) is 2.73. The Hall–Kier alpha value is -0.570. The summed E-state index contributed by atoms with van der Waals surface area (Å²) in [6.07, 6.45) is 2.13. The number of carbonyl (C=O) groups is 1. The summed E-state index contributed by atoms with van der Waals surface area (Å²) in [5.41, 5.74) is 5.79. The highest BCUT2D eigenvalue weighted by Crippen LogP contribution is 2.19. The first-order valence-electron chi connectivity index (χ1n) is 4.62. The lowest BCUT2D eigenvalue weighted by Gasteiger charge is -2.33. The number of rotatable bonds is 1. The Morgan fingerprint density at radius 3 is 2.33 bits per heavy atom. The molecule has 70 valence electrons. The summed E-state index contributed by atoms with van der Waals surface area (Å²) in [4.78, 5) is 12.9.